The summed E-state index contributed by atoms with van der Waals surface area (Å²) >= 11 is 0. The van der Waals surface area contributed by atoms with E-state index in [4.69, 9.17) is 0 Å². The fourth-order valence-corrected chi connectivity index (χ4v) is 3.11. The van der Waals surface area contributed by atoms with E-state index < -0.39 is 0 Å². The third-order valence-electron chi connectivity index (χ3n) is 4.32. The molecule has 1 N–H and O–H groups in total. The van der Waals surface area contributed by atoms with Crippen molar-refractivity contribution in [3.05, 3.63) is 0 Å². The van der Waals surface area contributed by atoms with Gasteiger partial charge >= 0.3 is 0 Å². The predicted octanol–water partition coefficient (Wildman–Crippen LogP) is 2.00. The smallest absolute Gasteiger partial charge is 0.0211 e. The summed E-state index contributed by atoms with van der Waals surface area (Å²) in [4.78, 5) is 2.78. The van der Waals surface area contributed by atoms with Gasteiger partial charge in [-0.1, -0.05) is 6.92 Å². The molecule has 2 heteroatoms. The molecule has 0 aromatic carbocycles. The topological polar surface area (TPSA) is 15.3 Å². The zero-order valence-corrected chi connectivity index (χ0v) is 9.84. The Bertz CT molecular complexity index is 193. The molecule has 0 spiro atoms. The fraction of sp³-hybridized carbons (Fsp3) is 1.00. The summed E-state index contributed by atoms with van der Waals surface area (Å²) in [6.07, 6.45) is 5.64. The van der Waals surface area contributed by atoms with E-state index in [2.05, 4.69) is 31.0 Å². The highest BCUT2D eigenvalue weighted by atomic mass is 15.3. The van der Waals surface area contributed by atoms with Gasteiger partial charge in [-0.3, -0.25) is 4.90 Å². The largest absolute Gasteiger partial charge is 0.311 e. The van der Waals surface area contributed by atoms with Crippen molar-refractivity contribution in [1.29, 1.82) is 0 Å². The highest BCUT2D eigenvalue weighted by Crippen LogP contribution is 2.42. The quantitative estimate of drug-likeness (QED) is 0.726. The van der Waals surface area contributed by atoms with Crippen molar-refractivity contribution >= 4 is 0 Å². The van der Waals surface area contributed by atoms with Crippen molar-refractivity contribution in [2.24, 2.45) is 0 Å². The third kappa shape index (κ3) is 1.59. The second-order valence-corrected chi connectivity index (χ2v) is 5.24. The number of nitrogens with zero attached hydrogens (tertiary/aromatic N) is 1. The number of nitrogens with one attached hydrogen (secondary N) is 1. The lowest BCUT2D eigenvalue weighted by molar-refractivity contribution is -0.0360. The molecule has 0 aromatic heterocycles. The van der Waals surface area contributed by atoms with E-state index >= 15 is 0 Å². The van der Waals surface area contributed by atoms with E-state index in [-0.39, 0.29) is 0 Å². The van der Waals surface area contributed by atoms with Crippen LogP contribution < -0.4 is 5.32 Å². The van der Waals surface area contributed by atoms with Crippen molar-refractivity contribution in [3.8, 4) is 0 Å². The first-order valence-electron chi connectivity index (χ1n) is 6.18. The summed E-state index contributed by atoms with van der Waals surface area (Å²) < 4.78 is 0. The maximum Gasteiger partial charge on any atom is 0.0211 e. The molecule has 2 unspecified atom stereocenters. The van der Waals surface area contributed by atoms with Crippen molar-refractivity contribution < 1.29 is 0 Å². The molecule has 2 nitrogen and oxygen atoms in total. The maximum absolute atomic E-state index is 3.56. The average Bonchev–Trinajstić information content (AvgIpc) is 2.10. The van der Waals surface area contributed by atoms with Crippen LogP contribution in [0.2, 0.25) is 0 Å². The van der Waals surface area contributed by atoms with E-state index in [0.29, 0.717) is 11.6 Å². The molecule has 1 saturated carbocycles. The first kappa shape index (κ1) is 10.4. The van der Waals surface area contributed by atoms with Crippen molar-refractivity contribution in [3.63, 3.8) is 0 Å². The van der Waals surface area contributed by atoms with Gasteiger partial charge in [0.25, 0.3) is 0 Å². The summed E-state index contributed by atoms with van der Waals surface area (Å²) in [7, 11) is 0. The van der Waals surface area contributed by atoms with Crippen LogP contribution in [0.15, 0.2) is 0 Å². The van der Waals surface area contributed by atoms with Gasteiger partial charge < -0.3 is 5.32 Å². The Balaban J connectivity index is 2.06. The Labute approximate surface area is 88.1 Å². The van der Waals surface area contributed by atoms with Crippen LogP contribution in [0.5, 0.6) is 0 Å². The maximum atomic E-state index is 3.56. The van der Waals surface area contributed by atoms with Crippen LogP contribution in [0.1, 0.15) is 46.5 Å². The van der Waals surface area contributed by atoms with Crippen LogP contribution in [0.25, 0.3) is 0 Å². The van der Waals surface area contributed by atoms with Gasteiger partial charge in [0.15, 0.2) is 0 Å². The molecule has 0 aromatic rings. The van der Waals surface area contributed by atoms with Crippen LogP contribution >= 0.6 is 0 Å². The summed E-state index contributed by atoms with van der Waals surface area (Å²) in [6.45, 7) is 9.45. The minimum atomic E-state index is 0.579. The molecular weight excluding hydrogens is 172 g/mol. The van der Waals surface area contributed by atoms with E-state index in [1.165, 1.54) is 38.8 Å². The van der Waals surface area contributed by atoms with Crippen molar-refractivity contribution in [2.75, 3.05) is 13.1 Å². The average molecular weight is 196 g/mol. The van der Waals surface area contributed by atoms with Gasteiger partial charge in [0.05, 0.1) is 0 Å². The first-order chi connectivity index (χ1) is 6.68. The van der Waals surface area contributed by atoms with Gasteiger partial charge in [-0.15, -0.1) is 0 Å². The summed E-state index contributed by atoms with van der Waals surface area (Å²) in [5.41, 5.74) is 0.579. The molecule has 2 rings (SSSR count). The van der Waals surface area contributed by atoms with Gasteiger partial charge in [-0.25, -0.2) is 0 Å². The fourth-order valence-electron chi connectivity index (χ4n) is 3.11. The van der Waals surface area contributed by atoms with E-state index in [0.717, 1.165) is 6.04 Å². The Hall–Kier alpha value is -0.0800. The van der Waals surface area contributed by atoms with E-state index in [9.17, 15) is 0 Å². The molecule has 14 heavy (non-hydrogen) atoms. The van der Waals surface area contributed by atoms with Crippen molar-refractivity contribution in [2.45, 2.75) is 64.1 Å². The molecule has 82 valence electrons. The monoisotopic (exact) mass is 196 g/mol. The number of piperazine rings is 1. The lowest BCUT2D eigenvalue weighted by Gasteiger charge is -2.55. The molecule has 0 bridgehead atoms. The van der Waals surface area contributed by atoms with Crippen LogP contribution in [0, 0.1) is 0 Å². The summed E-state index contributed by atoms with van der Waals surface area (Å²) in [5.74, 6) is 0. The van der Waals surface area contributed by atoms with Crippen LogP contribution in [0.4, 0.5) is 0 Å². The molecular formula is C12H24N2. The molecule has 2 aliphatic rings. The Morgan fingerprint density at radius 1 is 1.36 bits per heavy atom. The van der Waals surface area contributed by atoms with Crippen LogP contribution in [-0.4, -0.2) is 35.6 Å². The molecule has 1 aliphatic carbocycles. The third-order valence-corrected chi connectivity index (χ3v) is 4.32. The molecule has 1 saturated heterocycles. The number of rotatable bonds is 2. The van der Waals surface area contributed by atoms with Crippen LogP contribution in [-0.2, 0) is 0 Å². The SMILES string of the molecule is CCC1(N2CC(C)NCC2C)CCC1. The highest BCUT2D eigenvalue weighted by molar-refractivity contribution is 5.01. The Morgan fingerprint density at radius 2 is 2.07 bits per heavy atom. The number of hydrogen-bond donors (Lipinski definition) is 1. The standard InChI is InChI=1S/C12H24N2/c1-4-12(6-5-7-12)14-9-10(2)13-8-11(14)3/h10-11,13H,4-9H2,1-3H3. The number of hydrogen-bond acceptors (Lipinski definition) is 2. The normalized spacial score (nSPS) is 37.9. The minimum Gasteiger partial charge on any atom is -0.311 e. The second-order valence-electron chi connectivity index (χ2n) is 5.24. The summed E-state index contributed by atoms with van der Waals surface area (Å²) in [5, 5.41) is 3.56. The predicted molar refractivity (Wildman–Crippen MR) is 60.5 cm³/mol. The van der Waals surface area contributed by atoms with Gasteiger partial charge in [0.2, 0.25) is 0 Å². The molecule has 1 heterocycles. The second kappa shape index (κ2) is 3.82. The first-order valence-corrected chi connectivity index (χ1v) is 6.18. The highest BCUT2D eigenvalue weighted by Gasteiger charge is 2.44. The molecule has 2 atom stereocenters. The molecule has 1 aliphatic heterocycles. The molecule has 0 amide bonds. The van der Waals surface area contributed by atoms with Gasteiger partial charge in [0.1, 0.15) is 0 Å². The molecule has 0 radical (unpaired) electrons. The molecule has 2 fully saturated rings. The Morgan fingerprint density at radius 3 is 2.57 bits per heavy atom. The van der Waals surface area contributed by atoms with E-state index in [1.807, 2.05) is 0 Å². The van der Waals surface area contributed by atoms with Gasteiger partial charge in [0, 0.05) is 30.7 Å². The zero-order chi connectivity index (χ0) is 10.2. The minimum absolute atomic E-state index is 0.579. The Kier molecular flexibility index (Phi) is 2.85. The zero-order valence-electron chi connectivity index (χ0n) is 9.84. The van der Waals surface area contributed by atoms with Gasteiger partial charge in [-0.05, 0) is 39.5 Å². The van der Waals surface area contributed by atoms with E-state index in [1.54, 1.807) is 0 Å². The van der Waals surface area contributed by atoms with Crippen molar-refractivity contribution in [1.82, 2.24) is 10.2 Å². The van der Waals surface area contributed by atoms with Crippen LogP contribution in [0.3, 0.4) is 0 Å². The van der Waals surface area contributed by atoms with Gasteiger partial charge in [-0.2, -0.15) is 0 Å². The lowest BCUT2D eigenvalue weighted by Crippen LogP contribution is -2.65. The summed E-state index contributed by atoms with van der Waals surface area (Å²) in [6, 6.07) is 1.40. The lowest BCUT2D eigenvalue weighted by atomic mass is 9.72.